The molecule has 45 heavy (non-hydrogen) atoms. The Morgan fingerprint density at radius 1 is 1.00 bits per heavy atom. The minimum atomic E-state index is -0.797. The summed E-state index contributed by atoms with van der Waals surface area (Å²) in [5.74, 6) is 0.202. The molecule has 0 bridgehead atoms. The van der Waals surface area contributed by atoms with Crippen LogP contribution in [0.25, 0.3) is 22.1 Å². The van der Waals surface area contributed by atoms with Crippen LogP contribution in [0.2, 0.25) is 10.0 Å². The number of nitrogens with one attached hydrogen (secondary N) is 1. The van der Waals surface area contributed by atoms with Gasteiger partial charge in [0.1, 0.15) is 11.4 Å². The van der Waals surface area contributed by atoms with E-state index in [9.17, 15) is 19.2 Å². The number of carbonyl (C=O) groups is 2. The fraction of sp³-hybridized carbons (Fsp3) is 0.333. The van der Waals surface area contributed by atoms with E-state index in [1.54, 1.807) is 64.2 Å². The van der Waals surface area contributed by atoms with Crippen LogP contribution in [-0.2, 0) is 41.3 Å². The maximum Gasteiger partial charge on any atom is 0.419 e. The number of hydrogen-bond acceptors (Lipinski definition) is 9. The first-order valence-corrected chi connectivity index (χ1v) is 14.6. The second kappa shape index (κ2) is 12.1. The van der Waals surface area contributed by atoms with Crippen molar-refractivity contribution in [1.29, 1.82) is 0 Å². The van der Waals surface area contributed by atoms with Crippen molar-refractivity contribution in [1.82, 2.24) is 28.2 Å². The van der Waals surface area contributed by atoms with Crippen LogP contribution in [0, 0.1) is 0 Å². The molecule has 0 saturated heterocycles. The molecule has 4 aromatic heterocycles. The summed E-state index contributed by atoms with van der Waals surface area (Å²) in [5.41, 5.74) is -0.498. The first-order valence-electron chi connectivity index (χ1n) is 13.9. The molecule has 4 heterocycles. The van der Waals surface area contributed by atoms with Gasteiger partial charge in [-0.2, -0.15) is 4.98 Å². The monoisotopic (exact) mass is 655 g/mol. The summed E-state index contributed by atoms with van der Waals surface area (Å²) in [4.78, 5) is 61.4. The number of aryl methyl sites for hydroxylation is 3. The standard InChI is InChI=1S/C30H31Cl2N7O6/c1-30(2,3)45-29(43)39-16(14-17-18(31)8-7-9-21(17)39)15-38-26(41)24-25(37(5)28(38)42)35-27(36(24)4)34-22-12-10-19(32)20(33-22)11-13-23(40)44-6/h7-10,12,14H,11,13,15H2,1-6H3,(H,33,34,35). The Morgan fingerprint density at radius 3 is 2.42 bits per heavy atom. The van der Waals surface area contributed by atoms with E-state index < -0.39 is 28.9 Å². The smallest absolute Gasteiger partial charge is 0.419 e. The summed E-state index contributed by atoms with van der Waals surface area (Å²) < 4.78 is 15.5. The molecule has 1 aromatic carbocycles. The second-order valence-electron chi connectivity index (χ2n) is 11.3. The zero-order chi connectivity index (χ0) is 32.8. The predicted molar refractivity (Wildman–Crippen MR) is 171 cm³/mol. The molecule has 15 heteroatoms. The number of imidazole rings is 1. The third-order valence-electron chi connectivity index (χ3n) is 7.08. The largest absolute Gasteiger partial charge is 0.469 e. The van der Waals surface area contributed by atoms with Crippen LogP contribution in [0.1, 0.15) is 38.6 Å². The lowest BCUT2D eigenvalue weighted by Crippen LogP contribution is -2.40. The molecule has 0 aliphatic heterocycles. The summed E-state index contributed by atoms with van der Waals surface area (Å²) in [7, 11) is 4.43. The Balaban J connectivity index is 1.57. The van der Waals surface area contributed by atoms with E-state index in [2.05, 4.69) is 15.3 Å². The maximum absolute atomic E-state index is 13.9. The minimum Gasteiger partial charge on any atom is -0.469 e. The average molecular weight is 657 g/mol. The highest BCUT2D eigenvalue weighted by Crippen LogP contribution is 2.29. The van der Waals surface area contributed by atoms with Gasteiger partial charge in [0, 0.05) is 30.9 Å². The van der Waals surface area contributed by atoms with E-state index in [0.29, 0.717) is 38.2 Å². The molecular weight excluding hydrogens is 625 g/mol. The lowest BCUT2D eigenvalue weighted by Gasteiger charge is -2.21. The normalized spacial score (nSPS) is 11.7. The number of benzene rings is 1. The number of fused-ring (bicyclic) bond motifs is 2. The highest BCUT2D eigenvalue weighted by Gasteiger charge is 2.25. The fourth-order valence-corrected chi connectivity index (χ4v) is 5.34. The van der Waals surface area contributed by atoms with Gasteiger partial charge in [0.25, 0.3) is 5.56 Å². The van der Waals surface area contributed by atoms with E-state index in [4.69, 9.17) is 32.7 Å². The van der Waals surface area contributed by atoms with E-state index in [1.165, 1.54) is 27.9 Å². The van der Waals surface area contributed by atoms with Crippen molar-refractivity contribution in [3.8, 4) is 0 Å². The molecule has 0 fully saturated rings. The summed E-state index contributed by atoms with van der Waals surface area (Å²) in [6, 6.07) is 10.0. The molecule has 0 aliphatic rings. The van der Waals surface area contributed by atoms with Crippen molar-refractivity contribution >= 4 is 69.1 Å². The Morgan fingerprint density at radius 2 is 1.73 bits per heavy atom. The number of aromatic nitrogens is 6. The van der Waals surface area contributed by atoms with E-state index in [-0.39, 0.29) is 36.5 Å². The van der Waals surface area contributed by atoms with Crippen molar-refractivity contribution in [2.24, 2.45) is 14.1 Å². The first-order chi connectivity index (χ1) is 21.2. The van der Waals surface area contributed by atoms with Gasteiger partial charge in [0.05, 0.1) is 42.0 Å². The number of halogens is 2. The second-order valence-corrected chi connectivity index (χ2v) is 12.2. The Labute approximate surface area is 266 Å². The van der Waals surface area contributed by atoms with E-state index in [0.717, 1.165) is 4.57 Å². The molecule has 5 aromatic rings. The third-order valence-corrected chi connectivity index (χ3v) is 7.75. The van der Waals surface area contributed by atoms with Crippen molar-refractivity contribution in [3.63, 3.8) is 0 Å². The van der Waals surface area contributed by atoms with Crippen LogP contribution in [0.15, 0.2) is 46.0 Å². The number of nitrogens with zero attached hydrogens (tertiary/aromatic N) is 6. The maximum atomic E-state index is 13.9. The highest BCUT2D eigenvalue weighted by atomic mass is 35.5. The topological polar surface area (TPSA) is 144 Å². The molecular formula is C30H31Cl2N7O6. The SMILES string of the molecule is COC(=O)CCc1nc(Nc2nc3c(c(=O)n(Cc4cc5c(Cl)cccc5n4C(=O)OC(C)(C)C)c(=O)n3C)n2C)ccc1Cl. The van der Waals surface area contributed by atoms with Gasteiger partial charge in [-0.25, -0.2) is 19.1 Å². The number of esters is 1. The minimum absolute atomic E-state index is 0.0969. The predicted octanol–water partition coefficient (Wildman–Crippen LogP) is 4.77. The number of rotatable bonds is 7. The van der Waals surface area contributed by atoms with Gasteiger partial charge in [0.2, 0.25) is 5.95 Å². The molecule has 0 atom stereocenters. The van der Waals surface area contributed by atoms with Gasteiger partial charge in [-0.05, 0) is 51.1 Å². The lowest BCUT2D eigenvalue weighted by molar-refractivity contribution is -0.140. The van der Waals surface area contributed by atoms with Crippen LogP contribution >= 0.6 is 23.2 Å². The van der Waals surface area contributed by atoms with Gasteiger partial charge < -0.3 is 19.4 Å². The number of hydrogen-bond donors (Lipinski definition) is 1. The molecule has 236 valence electrons. The van der Waals surface area contributed by atoms with Crippen LogP contribution in [0.4, 0.5) is 16.6 Å². The summed E-state index contributed by atoms with van der Waals surface area (Å²) in [6.07, 6.45) is -0.317. The Hall–Kier alpha value is -4.62. The van der Waals surface area contributed by atoms with Crippen molar-refractivity contribution in [2.75, 3.05) is 12.4 Å². The van der Waals surface area contributed by atoms with Gasteiger partial charge >= 0.3 is 17.8 Å². The molecule has 13 nitrogen and oxygen atoms in total. The van der Waals surface area contributed by atoms with Crippen LogP contribution < -0.4 is 16.6 Å². The van der Waals surface area contributed by atoms with Crippen molar-refractivity contribution < 1.29 is 19.1 Å². The summed E-state index contributed by atoms with van der Waals surface area (Å²) >= 11 is 12.7. The molecule has 5 rings (SSSR count). The fourth-order valence-electron chi connectivity index (χ4n) is 4.91. The average Bonchev–Trinajstić information content (AvgIpc) is 3.51. The van der Waals surface area contributed by atoms with Gasteiger partial charge in [-0.3, -0.25) is 18.7 Å². The zero-order valence-electron chi connectivity index (χ0n) is 25.5. The molecule has 0 amide bonds. The Bertz CT molecular complexity index is 2100. The molecule has 0 saturated carbocycles. The molecule has 0 unspecified atom stereocenters. The molecule has 0 spiro atoms. The van der Waals surface area contributed by atoms with Gasteiger partial charge in [-0.1, -0.05) is 29.3 Å². The summed E-state index contributed by atoms with van der Waals surface area (Å²) in [6.45, 7) is 4.98. The number of carbonyl (C=O) groups excluding carboxylic acids is 2. The van der Waals surface area contributed by atoms with Crippen molar-refractivity contribution in [3.05, 3.63) is 78.7 Å². The van der Waals surface area contributed by atoms with Crippen LogP contribution in [-0.4, -0.2) is 53.0 Å². The zero-order valence-corrected chi connectivity index (χ0v) is 27.0. The molecule has 1 N–H and O–H groups in total. The molecule has 0 radical (unpaired) electrons. The summed E-state index contributed by atoms with van der Waals surface area (Å²) in [5, 5.41) is 4.42. The third kappa shape index (κ3) is 6.18. The number of ether oxygens (including phenoxy) is 2. The quantitative estimate of drug-likeness (QED) is 0.245. The number of anilines is 2. The van der Waals surface area contributed by atoms with Crippen LogP contribution in [0.5, 0.6) is 0 Å². The van der Waals surface area contributed by atoms with E-state index >= 15 is 0 Å². The number of pyridine rings is 1. The van der Waals surface area contributed by atoms with Crippen LogP contribution in [0.3, 0.4) is 0 Å². The van der Waals surface area contributed by atoms with Gasteiger partial charge in [0.15, 0.2) is 11.2 Å². The molecule has 0 aliphatic carbocycles. The first kappa shape index (κ1) is 31.8. The van der Waals surface area contributed by atoms with Crippen molar-refractivity contribution in [2.45, 2.75) is 45.8 Å². The van der Waals surface area contributed by atoms with E-state index in [1.807, 2.05) is 0 Å². The van der Waals surface area contributed by atoms with Gasteiger partial charge in [-0.15, -0.1) is 0 Å². The number of methoxy groups -OCH3 is 1. The Kier molecular flexibility index (Phi) is 8.51. The lowest BCUT2D eigenvalue weighted by atomic mass is 10.2. The highest BCUT2D eigenvalue weighted by molar-refractivity contribution is 6.35.